The maximum atomic E-state index is 13.7. The second kappa shape index (κ2) is 8.02. The number of rotatable bonds is 5. The average Bonchev–Trinajstić information content (AvgIpc) is 3.01. The molecule has 0 atom stereocenters. The van der Waals surface area contributed by atoms with E-state index < -0.39 is 17.4 Å². The Morgan fingerprint density at radius 3 is 2.58 bits per heavy atom. The summed E-state index contributed by atoms with van der Waals surface area (Å²) in [5.74, 6) is -0.232. The lowest BCUT2D eigenvalue weighted by Gasteiger charge is -2.07. The van der Waals surface area contributed by atoms with E-state index in [2.05, 4.69) is 15.4 Å². The van der Waals surface area contributed by atoms with Gasteiger partial charge in [-0.2, -0.15) is 0 Å². The van der Waals surface area contributed by atoms with E-state index in [1.165, 1.54) is 22.9 Å². The van der Waals surface area contributed by atoms with Gasteiger partial charge in [-0.15, -0.1) is 5.10 Å². The van der Waals surface area contributed by atoms with Gasteiger partial charge in [0.2, 0.25) is 11.6 Å². The van der Waals surface area contributed by atoms with Crippen molar-refractivity contribution in [1.82, 2.24) is 19.2 Å². The summed E-state index contributed by atoms with van der Waals surface area (Å²) in [5, 5.41) is 6.77. The van der Waals surface area contributed by atoms with Gasteiger partial charge in [0.1, 0.15) is 18.1 Å². The third-order valence-corrected chi connectivity index (χ3v) is 4.63. The molecule has 8 nitrogen and oxygen atoms in total. The molecule has 9 heteroatoms. The van der Waals surface area contributed by atoms with E-state index in [1.807, 2.05) is 32.0 Å². The van der Waals surface area contributed by atoms with Crippen LogP contribution in [0.1, 0.15) is 16.7 Å². The van der Waals surface area contributed by atoms with Gasteiger partial charge in [0.05, 0.1) is 0 Å². The first-order valence-corrected chi connectivity index (χ1v) is 9.56. The lowest BCUT2D eigenvalue weighted by Crippen LogP contribution is -2.28. The molecule has 2 heterocycles. The van der Waals surface area contributed by atoms with E-state index >= 15 is 0 Å². The van der Waals surface area contributed by atoms with Gasteiger partial charge in [0, 0.05) is 18.1 Å². The van der Waals surface area contributed by atoms with Crippen LogP contribution in [0.2, 0.25) is 0 Å². The van der Waals surface area contributed by atoms with Crippen LogP contribution in [-0.4, -0.2) is 25.1 Å². The molecule has 0 unspecified atom stereocenters. The van der Waals surface area contributed by atoms with E-state index in [4.69, 9.17) is 4.74 Å². The Hall–Kier alpha value is -4.01. The number of hydrogen-bond donors (Lipinski definition) is 1. The molecule has 4 rings (SSSR count). The molecule has 0 radical (unpaired) electrons. The maximum Gasteiger partial charge on any atom is 0.351 e. The smallest absolute Gasteiger partial charge is 0.351 e. The van der Waals surface area contributed by atoms with Crippen LogP contribution in [0.15, 0.2) is 53.6 Å². The van der Waals surface area contributed by atoms with Crippen molar-refractivity contribution >= 4 is 17.2 Å². The third-order valence-electron chi connectivity index (χ3n) is 4.63. The van der Waals surface area contributed by atoms with Crippen molar-refractivity contribution in [3.05, 3.63) is 81.8 Å². The molecular formula is C22H20FN5O3. The zero-order chi connectivity index (χ0) is 22.1. The zero-order valence-electron chi connectivity index (χ0n) is 17.2. The number of ether oxygens (including phenoxy) is 1. The molecule has 1 N–H and O–H groups in total. The number of halogens is 1. The number of aromatic nitrogens is 4. The summed E-state index contributed by atoms with van der Waals surface area (Å²) in [6.07, 6.45) is 2.87. The lowest BCUT2D eigenvalue weighted by molar-refractivity contribution is -0.117. The van der Waals surface area contributed by atoms with Crippen molar-refractivity contribution in [3.8, 4) is 11.6 Å². The summed E-state index contributed by atoms with van der Waals surface area (Å²) in [6.45, 7) is 5.18. The quantitative estimate of drug-likeness (QED) is 0.534. The van der Waals surface area contributed by atoms with Crippen molar-refractivity contribution in [2.45, 2.75) is 27.3 Å². The summed E-state index contributed by atoms with van der Waals surface area (Å²) in [5.41, 5.74) is 2.47. The van der Waals surface area contributed by atoms with Gasteiger partial charge in [-0.05, 0) is 61.7 Å². The standard InChI is InChI=1S/C22H20FN5O3/c1-13-8-14(2)10-17(9-13)31-21-20-26-28(22(30)27(20)7-6-24-21)12-19(29)25-16-5-4-15(3)18(23)11-16/h4-11H,12H2,1-3H3,(H,25,29). The molecule has 0 bridgehead atoms. The predicted molar refractivity (Wildman–Crippen MR) is 113 cm³/mol. The van der Waals surface area contributed by atoms with Crippen molar-refractivity contribution in [2.75, 3.05) is 5.32 Å². The Morgan fingerprint density at radius 1 is 1.13 bits per heavy atom. The monoisotopic (exact) mass is 421 g/mol. The van der Waals surface area contributed by atoms with Gasteiger partial charge in [0.25, 0.3) is 5.88 Å². The highest BCUT2D eigenvalue weighted by Gasteiger charge is 2.16. The molecule has 0 aliphatic rings. The van der Waals surface area contributed by atoms with Crippen LogP contribution in [0.5, 0.6) is 11.6 Å². The first kappa shape index (κ1) is 20.3. The van der Waals surface area contributed by atoms with Crippen LogP contribution < -0.4 is 15.7 Å². The molecule has 0 saturated heterocycles. The normalized spacial score (nSPS) is 11.0. The number of anilines is 1. The fourth-order valence-corrected chi connectivity index (χ4v) is 3.21. The molecule has 0 saturated carbocycles. The lowest BCUT2D eigenvalue weighted by atomic mass is 10.1. The number of aryl methyl sites for hydroxylation is 3. The van der Waals surface area contributed by atoms with E-state index in [-0.39, 0.29) is 18.1 Å². The number of hydrogen-bond acceptors (Lipinski definition) is 5. The largest absolute Gasteiger partial charge is 0.436 e. The second-order valence-electron chi connectivity index (χ2n) is 7.30. The highest BCUT2D eigenvalue weighted by atomic mass is 19.1. The van der Waals surface area contributed by atoms with E-state index in [1.54, 1.807) is 19.1 Å². The molecule has 4 aromatic rings. The van der Waals surface area contributed by atoms with Crippen LogP contribution in [0.3, 0.4) is 0 Å². The second-order valence-corrected chi connectivity index (χ2v) is 7.30. The highest BCUT2D eigenvalue weighted by Crippen LogP contribution is 2.24. The van der Waals surface area contributed by atoms with Crippen LogP contribution >= 0.6 is 0 Å². The number of carbonyl (C=O) groups is 1. The number of nitrogens with one attached hydrogen (secondary N) is 1. The Kier molecular flexibility index (Phi) is 5.24. The molecule has 2 aromatic carbocycles. The topological polar surface area (TPSA) is 90.5 Å². The minimum absolute atomic E-state index is 0.143. The number of carbonyl (C=O) groups excluding carboxylic acids is 1. The van der Waals surface area contributed by atoms with Crippen LogP contribution in [0.4, 0.5) is 10.1 Å². The Labute approximate surface area is 176 Å². The van der Waals surface area contributed by atoms with Crippen molar-refractivity contribution in [3.63, 3.8) is 0 Å². The van der Waals surface area contributed by atoms with Crippen LogP contribution in [-0.2, 0) is 11.3 Å². The van der Waals surface area contributed by atoms with Gasteiger partial charge in [-0.1, -0.05) is 12.1 Å². The first-order valence-electron chi connectivity index (χ1n) is 9.56. The number of amides is 1. The van der Waals surface area contributed by atoms with Gasteiger partial charge < -0.3 is 10.1 Å². The highest BCUT2D eigenvalue weighted by molar-refractivity contribution is 5.90. The fourth-order valence-electron chi connectivity index (χ4n) is 3.21. The van der Waals surface area contributed by atoms with Gasteiger partial charge in [-0.25, -0.2) is 23.3 Å². The van der Waals surface area contributed by atoms with Gasteiger partial charge in [0.15, 0.2) is 0 Å². The Bertz CT molecular complexity index is 1340. The SMILES string of the molecule is Cc1cc(C)cc(Oc2nccn3c(=O)n(CC(=O)Nc4ccc(C)c(F)c4)nc23)c1. The summed E-state index contributed by atoms with van der Waals surface area (Å²) in [4.78, 5) is 29.2. The minimum Gasteiger partial charge on any atom is -0.436 e. The minimum atomic E-state index is -0.520. The maximum absolute atomic E-state index is 13.7. The summed E-state index contributed by atoms with van der Waals surface area (Å²) >= 11 is 0. The molecule has 1 amide bonds. The molecule has 2 aromatic heterocycles. The molecule has 31 heavy (non-hydrogen) atoms. The predicted octanol–water partition coefficient (Wildman–Crippen LogP) is 3.39. The van der Waals surface area contributed by atoms with Crippen molar-refractivity contribution < 1.29 is 13.9 Å². The zero-order valence-corrected chi connectivity index (χ0v) is 17.2. The Morgan fingerprint density at radius 2 is 1.87 bits per heavy atom. The fraction of sp³-hybridized carbons (Fsp3) is 0.182. The molecular weight excluding hydrogens is 401 g/mol. The Balaban J connectivity index is 1.60. The van der Waals surface area contributed by atoms with E-state index in [9.17, 15) is 14.0 Å². The number of benzene rings is 2. The molecule has 0 spiro atoms. The molecule has 0 fully saturated rings. The van der Waals surface area contributed by atoms with Crippen LogP contribution in [0.25, 0.3) is 5.65 Å². The third kappa shape index (κ3) is 4.30. The van der Waals surface area contributed by atoms with Crippen molar-refractivity contribution in [2.24, 2.45) is 0 Å². The summed E-state index contributed by atoms with van der Waals surface area (Å²) < 4.78 is 21.8. The van der Waals surface area contributed by atoms with Gasteiger partial charge in [-0.3, -0.25) is 4.79 Å². The van der Waals surface area contributed by atoms with Gasteiger partial charge >= 0.3 is 5.69 Å². The number of fused-ring (bicyclic) bond motifs is 1. The van der Waals surface area contributed by atoms with E-state index in [0.29, 0.717) is 17.0 Å². The molecule has 158 valence electrons. The van der Waals surface area contributed by atoms with E-state index in [0.717, 1.165) is 15.8 Å². The summed E-state index contributed by atoms with van der Waals surface area (Å²) in [7, 11) is 0. The van der Waals surface area contributed by atoms with Crippen molar-refractivity contribution in [1.29, 1.82) is 0 Å². The molecule has 0 aliphatic carbocycles. The van der Waals surface area contributed by atoms with Crippen LogP contribution in [0, 0.1) is 26.6 Å². The number of nitrogens with zero attached hydrogens (tertiary/aromatic N) is 4. The average molecular weight is 421 g/mol. The first-order chi connectivity index (χ1) is 14.8. The molecule has 0 aliphatic heterocycles. The summed E-state index contributed by atoms with van der Waals surface area (Å²) in [6, 6.07) is 10.1.